The molecule has 0 amide bonds. The van der Waals surface area contributed by atoms with Crippen LogP contribution < -0.4 is 4.90 Å². The molecule has 7 atom stereocenters. The number of rotatable bonds is 8. The number of hydrogen-bond donors (Lipinski definition) is 0. The summed E-state index contributed by atoms with van der Waals surface area (Å²) in [7, 11) is 0. The first-order chi connectivity index (χ1) is 18.1. The molecule has 6 heteroatoms. The van der Waals surface area contributed by atoms with Gasteiger partial charge in [0.1, 0.15) is 11.9 Å². The molecule has 0 unspecified atom stereocenters. The number of carbonyl (C=O) groups is 2. The number of hydrogen-bond acceptors (Lipinski definition) is 4. The predicted octanol–water partition coefficient (Wildman–Crippen LogP) is 7.43. The number of ketones is 1. The lowest BCUT2D eigenvalue weighted by molar-refractivity contribution is -0.182. The molecule has 1 aromatic carbocycles. The van der Waals surface area contributed by atoms with Crippen molar-refractivity contribution < 1.29 is 14.3 Å². The summed E-state index contributed by atoms with van der Waals surface area (Å²) < 4.78 is 6.12. The Kier molecular flexibility index (Phi) is 8.15. The van der Waals surface area contributed by atoms with E-state index in [0.717, 1.165) is 62.9 Å². The van der Waals surface area contributed by atoms with Crippen LogP contribution in [0.4, 0.5) is 5.69 Å². The van der Waals surface area contributed by atoms with E-state index in [0.29, 0.717) is 41.7 Å². The van der Waals surface area contributed by atoms with Gasteiger partial charge in [0, 0.05) is 42.4 Å². The zero-order valence-corrected chi connectivity index (χ0v) is 25.0. The summed E-state index contributed by atoms with van der Waals surface area (Å²) >= 11 is 11.9. The molecule has 0 N–H and O–H groups in total. The van der Waals surface area contributed by atoms with E-state index in [1.165, 1.54) is 19.3 Å². The normalized spacial score (nSPS) is 38.2. The highest BCUT2D eigenvalue weighted by molar-refractivity contribution is 6.18. The van der Waals surface area contributed by atoms with Crippen LogP contribution in [-0.2, 0) is 20.7 Å². The molecule has 4 aliphatic carbocycles. The van der Waals surface area contributed by atoms with Gasteiger partial charge < -0.3 is 9.64 Å². The lowest BCUT2D eigenvalue weighted by Crippen LogP contribution is -2.58. The van der Waals surface area contributed by atoms with Gasteiger partial charge in [-0.15, -0.1) is 23.2 Å². The summed E-state index contributed by atoms with van der Waals surface area (Å²) in [5.41, 5.74) is 2.43. The van der Waals surface area contributed by atoms with Crippen molar-refractivity contribution in [1.29, 1.82) is 0 Å². The summed E-state index contributed by atoms with van der Waals surface area (Å²) in [4.78, 5) is 27.9. The number of ether oxygens (including phenoxy) is 1. The van der Waals surface area contributed by atoms with Crippen molar-refractivity contribution in [1.82, 2.24) is 0 Å². The molecule has 38 heavy (non-hydrogen) atoms. The molecular weight excluding hydrogens is 517 g/mol. The molecule has 4 saturated carbocycles. The highest BCUT2D eigenvalue weighted by Crippen LogP contribution is 2.69. The SMILES string of the molecule is C[C@]12CC[C@H]3[C@@H]4CCC(=O)[C@@]4(C)CC[C@@H]3[C@@]1(C)CC[C@H](OC(=O)Cc1ccc(N(CCCl)CCCl)cc1)C2. The average molecular weight is 563 g/mol. The minimum atomic E-state index is -0.125. The predicted molar refractivity (Wildman–Crippen MR) is 155 cm³/mol. The number of halogens is 2. The van der Waals surface area contributed by atoms with Crippen molar-refractivity contribution >= 4 is 40.6 Å². The molecule has 0 spiro atoms. The van der Waals surface area contributed by atoms with Crippen LogP contribution in [0.1, 0.15) is 84.1 Å². The maximum absolute atomic E-state index is 13.0. The van der Waals surface area contributed by atoms with Crippen molar-refractivity contribution in [3.8, 4) is 0 Å². The van der Waals surface area contributed by atoms with Crippen LogP contribution in [0.25, 0.3) is 0 Å². The Morgan fingerprint density at radius 1 is 0.947 bits per heavy atom. The van der Waals surface area contributed by atoms with Gasteiger partial charge in [-0.3, -0.25) is 9.59 Å². The van der Waals surface area contributed by atoms with Gasteiger partial charge in [-0.25, -0.2) is 0 Å². The standard InChI is InChI=1S/C32H45Cl2NO3/c1-30-13-11-25-26-8-9-28(36)31(26,2)14-12-27(25)32(30,3)15-10-24(21-30)38-29(37)20-22-4-6-23(7-5-22)35(18-16-33)19-17-34/h4-7,24-27H,8-21H2,1-3H3/t24-,25-,26-,27-,30+,31-,32+/m0/s1. The van der Waals surface area contributed by atoms with E-state index >= 15 is 0 Å². The molecule has 5 rings (SSSR count). The fourth-order valence-electron chi connectivity index (χ4n) is 9.25. The van der Waals surface area contributed by atoms with Gasteiger partial charge in [-0.1, -0.05) is 32.9 Å². The molecule has 0 aromatic heterocycles. The van der Waals surface area contributed by atoms with Crippen molar-refractivity contribution in [3.63, 3.8) is 0 Å². The van der Waals surface area contributed by atoms with E-state index in [-0.39, 0.29) is 28.3 Å². The van der Waals surface area contributed by atoms with Gasteiger partial charge in [-0.05, 0) is 97.6 Å². The summed E-state index contributed by atoms with van der Waals surface area (Å²) in [5, 5.41) is 0. The minimum Gasteiger partial charge on any atom is -0.462 e. The molecule has 4 fully saturated rings. The summed E-state index contributed by atoms with van der Waals surface area (Å²) in [5.74, 6) is 3.45. The van der Waals surface area contributed by atoms with Crippen LogP contribution in [0.15, 0.2) is 24.3 Å². The minimum absolute atomic E-state index is 0.00115. The third-order valence-electron chi connectivity index (χ3n) is 11.7. The number of alkyl halides is 2. The van der Waals surface area contributed by atoms with Gasteiger partial charge in [0.15, 0.2) is 0 Å². The van der Waals surface area contributed by atoms with Gasteiger partial charge in [0.2, 0.25) is 0 Å². The molecule has 0 aliphatic heterocycles. The van der Waals surface area contributed by atoms with E-state index in [1.807, 2.05) is 24.3 Å². The van der Waals surface area contributed by atoms with Crippen LogP contribution >= 0.6 is 23.2 Å². The van der Waals surface area contributed by atoms with Crippen molar-refractivity contribution in [2.75, 3.05) is 29.7 Å². The smallest absolute Gasteiger partial charge is 0.310 e. The molecule has 0 bridgehead atoms. The second kappa shape index (κ2) is 11.0. The lowest BCUT2D eigenvalue weighted by Gasteiger charge is -2.64. The molecular formula is C32H45Cl2NO3. The number of benzene rings is 1. The summed E-state index contributed by atoms with van der Waals surface area (Å²) in [6.45, 7) is 8.74. The van der Waals surface area contributed by atoms with E-state index in [2.05, 4.69) is 25.7 Å². The van der Waals surface area contributed by atoms with Gasteiger partial charge in [-0.2, -0.15) is 0 Å². The van der Waals surface area contributed by atoms with Crippen molar-refractivity contribution in [3.05, 3.63) is 29.8 Å². The quantitative estimate of drug-likeness (QED) is 0.244. The van der Waals surface area contributed by atoms with Crippen LogP contribution in [0.2, 0.25) is 0 Å². The zero-order valence-electron chi connectivity index (χ0n) is 23.4. The summed E-state index contributed by atoms with van der Waals surface area (Å²) in [6.07, 6.45) is 9.88. The molecule has 0 heterocycles. The second-order valence-corrected chi connectivity index (χ2v) is 14.1. The average Bonchev–Trinajstić information content (AvgIpc) is 3.19. The highest BCUT2D eigenvalue weighted by atomic mass is 35.5. The van der Waals surface area contributed by atoms with E-state index in [4.69, 9.17) is 27.9 Å². The molecule has 4 aliphatic rings. The first kappa shape index (κ1) is 28.3. The number of Topliss-reactive ketones (excluding diaryl/α,β-unsaturated/α-hetero) is 1. The maximum atomic E-state index is 13.0. The third kappa shape index (κ3) is 4.91. The molecule has 0 saturated heterocycles. The van der Waals surface area contributed by atoms with Gasteiger partial charge >= 0.3 is 5.97 Å². The van der Waals surface area contributed by atoms with Crippen LogP contribution in [0.3, 0.4) is 0 Å². The Morgan fingerprint density at radius 2 is 1.66 bits per heavy atom. The Balaban J connectivity index is 1.20. The number of fused-ring (bicyclic) bond motifs is 5. The van der Waals surface area contributed by atoms with E-state index in [9.17, 15) is 9.59 Å². The first-order valence-electron chi connectivity index (χ1n) is 14.8. The van der Waals surface area contributed by atoms with Gasteiger partial charge in [0.25, 0.3) is 0 Å². The Bertz CT molecular complexity index is 1020. The van der Waals surface area contributed by atoms with Crippen LogP contribution in [0, 0.1) is 34.0 Å². The first-order valence-corrected chi connectivity index (χ1v) is 15.9. The number of carbonyl (C=O) groups excluding carboxylic acids is 2. The second-order valence-electron chi connectivity index (χ2n) is 13.4. The molecule has 210 valence electrons. The zero-order chi connectivity index (χ0) is 27.1. The Hall–Kier alpha value is -1.26. The highest BCUT2D eigenvalue weighted by Gasteiger charge is 2.63. The monoisotopic (exact) mass is 561 g/mol. The number of anilines is 1. The van der Waals surface area contributed by atoms with E-state index in [1.54, 1.807) is 0 Å². The third-order valence-corrected chi connectivity index (χ3v) is 12.0. The lowest BCUT2D eigenvalue weighted by atomic mass is 9.40. The topological polar surface area (TPSA) is 46.6 Å². The van der Waals surface area contributed by atoms with Crippen LogP contribution in [-0.4, -0.2) is 42.7 Å². The number of esters is 1. The molecule has 1 aromatic rings. The van der Waals surface area contributed by atoms with E-state index < -0.39 is 0 Å². The van der Waals surface area contributed by atoms with Crippen molar-refractivity contribution in [2.24, 2.45) is 34.0 Å². The Labute approximate surface area is 239 Å². The molecule has 0 radical (unpaired) electrons. The Morgan fingerprint density at radius 3 is 2.34 bits per heavy atom. The van der Waals surface area contributed by atoms with Crippen molar-refractivity contribution in [2.45, 2.75) is 91.1 Å². The molecule has 4 nitrogen and oxygen atoms in total. The largest absolute Gasteiger partial charge is 0.462 e. The van der Waals surface area contributed by atoms with Crippen LogP contribution in [0.5, 0.6) is 0 Å². The maximum Gasteiger partial charge on any atom is 0.310 e. The van der Waals surface area contributed by atoms with Gasteiger partial charge in [0.05, 0.1) is 6.42 Å². The fourth-order valence-corrected chi connectivity index (χ4v) is 9.66. The summed E-state index contributed by atoms with van der Waals surface area (Å²) in [6, 6.07) is 8.11. The number of nitrogens with zero attached hydrogens (tertiary/aromatic N) is 1. The fraction of sp³-hybridized carbons (Fsp3) is 0.750.